The zero-order valence-corrected chi connectivity index (χ0v) is 13.3. The fourth-order valence-electron chi connectivity index (χ4n) is 1.65. The minimum Gasteiger partial charge on any atom is -0.385 e. The van der Waals surface area contributed by atoms with E-state index in [4.69, 9.17) is 0 Å². The Balaban J connectivity index is 2.83. The number of carbonyl (C=O) groups is 1. The van der Waals surface area contributed by atoms with Crippen molar-refractivity contribution in [3.8, 4) is 0 Å². The second-order valence-electron chi connectivity index (χ2n) is 5.23. The molecule has 0 heterocycles. The molecule has 0 radical (unpaired) electrons. The highest BCUT2D eigenvalue weighted by atomic mass is 32.2. The second-order valence-corrected chi connectivity index (χ2v) is 6.74. The van der Waals surface area contributed by atoms with E-state index in [2.05, 4.69) is 30.7 Å². The standard InChI is InChI=1S/C15H24N2OS/c1-6-16-13-8-7-11(2)9-12(13)14(18)17-10-15(3,4)19-5/h7-9,16H,6,10H2,1-5H3,(H,17,18). The quantitative estimate of drug-likeness (QED) is 0.840. The predicted molar refractivity (Wildman–Crippen MR) is 85.3 cm³/mol. The van der Waals surface area contributed by atoms with Gasteiger partial charge in [-0.2, -0.15) is 11.8 Å². The molecule has 0 fully saturated rings. The largest absolute Gasteiger partial charge is 0.385 e. The number of hydrogen-bond donors (Lipinski definition) is 2. The number of aryl methyl sites for hydroxylation is 1. The van der Waals surface area contributed by atoms with Crippen LogP contribution in [0, 0.1) is 6.92 Å². The minimum atomic E-state index is -0.0122. The molecule has 0 spiro atoms. The molecule has 0 aliphatic carbocycles. The van der Waals surface area contributed by atoms with Gasteiger partial charge in [-0.05, 0) is 46.1 Å². The van der Waals surface area contributed by atoms with Crippen LogP contribution in [0.2, 0.25) is 0 Å². The van der Waals surface area contributed by atoms with Gasteiger partial charge in [-0.15, -0.1) is 0 Å². The highest BCUT2D eigenvalue weighted by Gasteiger charge is 2.18. The summed E-state index contributed by atoms with van der Waals surface area (Å²) in [4.78, 5) is 12.3. The summed E-state index contributed by atoms with van der Waals surface area (Å²) in [6.45, 7) is 9.74. The minimum absolute atomic E-state index is 0.0122. The molecule has 106 valence electrons. The molecule has 1 aromatic rings. The molecule has 0 atom stereocenters. The first-order chi connectivity index (χ1) is 8.89. The molecule has 0 aliphatic rings. The SMILES string of the molecule is CCNc1ccc(C)cc1C(=O)NCC(C)(C)SC. The summed E-state index contributed by atoms with van der Waals surface area (Å²) in [7, 11) is 0. The number of benzene rings is 1. The average molecular weight is 280 g/mol. The third-order valence-corrected chi connectivity index (χ3v) is 4.26. The Labute approximate surface area is 120 Å². The fraction of sp³-hybridized carbons (Fsp3) is 0.533. The van der Waals surface area contributed by atoms with Crippen LogP contribution >= 0.6 is 11.8 Å². The smallest absolute Gasteiger partial charge is 0.253 e. The number of thioether (sulfide) groups is 1. The Morgan fingerprint density at radius 1 is 1.37 bits per heavy atom. The molecule has 0 bridgehead atoms. The molecule has 19 heavy (non-hydrogen) atoms. The Morgan fingerprint density at radius 2 is 2.05 bits per heavy atom. The molecular formula is C15H24N2OS. The molecule has 0 saturated heterocycles. The first-order valence-corrected chi connectivity index (χ1v) is 7.80. The zero-order chi connectivity index (χ0) is 14.5. The number of amides is 1. The molecule has 0 saturated carbocycles. The molecule has 1 amide bonds. The number of nitrogens with one attached hydrogen (secondary N) is 2. The topological polar surface area (TPSA) is 41.1 Å². The second kappa shape index (κ2) is 6.85. The van der Waals surface area contributed by atoms with Crippen molar-refractivity contribution in [3.05, 3.63) is 29.3 Å². The van der Waals surface area contributed by atoms with E-state index in [1.807, 2.05) is 32.0 Å². The van der Waals surface area contributed by atoms with E-state index in [0.717, 1.165) is 23.4 Å². The van der Waals surface area contributed by atoms with Gasteiger partial charge in [0.05, 0.1) is 5.56 Å². The lowest BCUT2D eigenvalue weighted by molar-refractivity contribution is 0.0951. The lowest BCUT2D eigenvalue weighted by Crippen LogP contribution is -2.36. The van der Waals surface area contributed by atoms with Gasteiger partial charge in [-0.25, -0.2) is 0 Å². The van der Waals surface area contributed by atoms with Crippen molar-refractivity contribution < 1.29 is 4.79 Å². The monoisotopic (exact) mass is 280 g/mol. The summed E-state index contributed by atoms with van der Waals surface area (Å²) in [5.74, 6) is -0.0122. The predicted octanol–water partition coefficient (Wildman–Crippen LogP) is 3.30. The maximum absolute atomic E-state index is 12.3. The first kappa shape index (κ1) is 15.9. The van der Waals surface area contributed by atoms with Crippen molar-refractivity contribution in [1.82, 2.24) is 5.32 Å². The number of anilines is 1. The van der Waals surface area contributed by atoms with Gasteiger partial charge in [0, 0.05) is 23.5 Å². The lowest BCUT2D eigenvalue weighted by atomic mass is 10.1. The summed E-state index contributed by atoms with van der Waals surface area (Å²) >= 11 is 1.75. The molecule has 1 rings (SSSR count). The van der Waals surface area contributed by atoms with Crippen molar-refractivity contribution in [2.24, 2.45) is 0 Å². The molecule has 1 aromatic carbocycles. The molecule has 0 unspecified atom stereocenters. The van der Waals surface area contributed by atoms with Crippen LogP contribution in [0.1, 0.15) is 36.7 Å². The molecule has 4 heteroatoms. The van der Waals surface area contributed by atoms with Gasteiger partial charge in [-0.1, -0.05) is 11.6 Å². The van der Waals surface area contributed by atoms with Crippen molar-refractivity contribution in [3.63, 3.8) is 0 Å². The lowest BCUT2D eigenvalue weighted by Gasteiger charge is -2.22. The van der Waals surface area contributed by atoms with Crippen molar-refractivity contribution >= 4 is 23.4 Å². The van der Waals surface area contributed by atoms with Gasteiger partial charge in [0.2, 0.25) is 0 Å². The van der Waals surface area contributed by atoms with E-state index in [1.165, 1.54) is 0 Å². The van der Waals surface area contributed by atoms with Crippen LogP contribution in [0.15, 0.2) is 18.2 Å². The van der Waals surface area contributed by atoms with Crippen LogP contribution in [0.3, 0.4) is 0 Å². The van der Waals surface area contributed by atoms with Gasteiger partial charge in [-0.3, -0.25) is 4.79 Å². The molecule has 0 aliphatic heterocycles. The van der Waals surface area contributed by atoms with Gasteiger partial charge >= 0.3 is 0 Å². The van der Waals surface area contributed by atoms with E-state index in [9.17, 15) is 4.79 Å². The highest BCUT2D eigenvalue weighted by molar-refractivity contribution is 7.99. The first-order valence-electron chi connectivity index (χ1n) is 6.57. The zero-order valence-electron chi connectivity index (χ0n) is 12.5. The summed E-state index contributed by atoms with van der Waals surface area (Å²) < 4.78 is 0.0534. The van der Waals surface area contributed by atoms with Crippen molar-refractivity contribution in [1.29, 1.82) is 0 Å². The van der Waals surface area contributed by atoms with Crippen molar-refractivity contribution in [2.75, 3.05) is 24.7 Å². The molecule has 2 N–H and O–H groups in total. The maximum Gasteiger partial charge on any atom is 0.253 e. The number of hydrogen-bond acceptors (Lipinski definition) is 3. The third-order valence-electron chi connectivity index (χ3n) is 3.01. The van der Waals surface area contributed by atoms with Crippen LogP contribution in [0.4, 0.5) is 5.69 Å². The van der Waals surface area contributed by atoms with Crippen molar-refractivity contribution in [2.45, 2.75) is 32.4 Å². The van der Waals surface area contributed by atoms with Gasteiger partial charge in [0.15, 0.2) is 0 Å². The molecular weight excluding hydrogens is 256 g/mol. The number of carbonyl (C=O) groups excluding carboxylic acids is 1. The van der Waals surface area contributed by atoms with Crippen LogP contribution < -0.4 is 10.6 Å². The third kappa shape index (κ3) is 4.78. The summed E-state index contributed by atoms with van der Waals surface area (Å²) in [5.41, 5.74) is 2.71. The Hall–Kier alpha value is -1.16. The van der Waals surface area contributed by atoms with E-state index in [1.54, 1.807) is 11.8 Å². The normalized spacial score (nSPS) is 11.2. The highest BCUT2D eigenvalue weighted by Crippen LogP contribution is 2.21. The van der Waals surface area contributed by atoms with Gasteiger partial charge in [0.1, 0.15) is 0 Å². The summed E-state index contributed by atoms with van der Waals surface area (Å²) in [5, 5.41) is 6.25. The fourth-order valence-corrected chi connectivity index (χ4v) is 1.87. The van der Waals surface area contributed by atoms with Crippen LogP contribution in [0.5, 0.6) is 0 Å². The Bertz CT molecular complexity index is 444. The Kier molecular flexibility index (Phi) is 5.73. The van der Waals surface area contributed by atoms with Crippen LogP contribution in [0.25, 0.3) is 0 Å². The van der Waals surface area contributed by atoms with Crippen LogP contribution in [-0.2, 0) is 0 Å². The van der Waals surface area contributed by atoms with Gasteiger partial charge in [0.25, 0.3) is 5.91 Å². The van der Waals surface area contributed by atoms with Crippen LogP contribution in [-0.4, -0.2) is 30.0 Å². The summed E-state index contributed by atoms with van der Waals surface area (Å²) in [6, 6.07) is 5.91. The molecule has 3 nitrogen and oxygen atoms in total. The average Bonchev–Trinajstić information content (AvgIpc) is 2.38. The maximum atomic E-state index is 12.3. The number of rotatable bonds is 6. The van der Waals surface area contributed by atoms with E-state index in [-0.39, 0.29) is 10.7 Å². The molecule has 0 aromatic heterocycles. The van der Waals surface area contributed by atoms with E-state index in [0.29, 0.717) is 6.54 Å². The summed E-state index contributed by atoms with van der Waals surface area (Å²) in [6.07, 6.45) is 2.06. The van der Waals surface area contributed by atoms with Gasteiger partial charge < -0.3 is 10.6 Å². The van der Waals surface area contributed by atoms with E-state index < -0.39 is 0 Å². The van der Waals surface area contributed by atoms with E-state index >= 15 is 0 Å². The Morgan fingerprint density at radius 3 is 2.63 bits per heavy atom.